The Balaban J connectivity index is 2.43. The molecule has 0 aliphatic rings. The SMILES string of the molecule is CCC(C)c1cc(-c2ccc(O)cc2)ccc1O. The van der Waals surface area contributed by atoms with E-state index in [0.717, 1.165) is 23.1 Å². The minimum atomic E-state index is 0.264. The van der Waals surface area contributed by atoms with Gasteiger partial charge in [-0.3, -0.25) is 0 Å². The lowest BCUT2D eigenvalue weighted by Crippen LogP contribution is -1.92. The van der Waals surface area contributed by atoms with Crippen LogP contribution in [0.2, 0.25) is 0 Å². The van der Waals surface area contributed by atoms with Crippen molar-refractivity contribution in [2.45, 2.75) is 26.2 Å². The van der Waals surface area contributed by atoms with Gasteiger partial charge in [0.15, 0.2) is 0 Å². The Kier molecular flexibility index (Phi) is 3.56. The predicted molar refractivity (Wildman–Crippen MR) is 73.9 cm³/mol. The number of benzene rings is 2. The van der Waals surface area contributed by atoms with Gasteiger partial charge in [0.05, 0.1) is 0 Å². The van der Waals surface area contributed by atoms with E-state index >= 15 is 0 Å². The highest BCUT2D eigenvalue weighted by Crippen LogP contribution is 2.32. The average molecular weight is 242 g/mol. The maximum Gasteiger partial charge on any atom is 0.119 e. The van der Waals surface area contributed by atoms with Gasteiger partial charge in [0.2, 0.25) is 0 Å². The van der Waals surface area contributed by atoms with Crippen molar-refractivity contribution in [2.75, 3.05) is 0 Å². The molecule has 0 saturated carbocycles. The monoisotopic (exact) mass is 242 g/mol. The van der Waals surface area contributed by atoms with Crippen molar-refractivity contribution < 1.29 is 10.2 Å². The summed E-state index contributed by atoms with van der Waals surface area (Å²) < 4.78 is 0. The number of phenolic OH excluding ortho intramolecular Hbond substituents is 2. The number of aromatic hydroxyl groups is 2. The molecule has 0 aliphatic heterocycles. The molecular formula is C16H18O2. The zero-order valence-corrected chi connectivity index (χ0v) is 10.7. The van der Waals surface area contributed by atoms with Crippen molar-refractivity contribution in [3.05, 3.63) is 48.0 Å². The van der Waals surface area contributed by atoms with Crippen molar-refractivity contribution in [3.63, 3.8) is 0 Å². The summed E-state index contributed by atoms with van der Waals surface area (Å²) in [5, 5.41) is 19.2. The second-order valence-corrected chi connectivity index (χ2v) is 4.63. The second kappa shape index (κ2) is 5.13. The normalized spacial score (nSPS) is 12.3. The lowest BCUT2D eigenvalue weighted by Gasteiger charge is -2.13. The van der Waals surface area contributed by atoms with Crippen molar-refractivity contribution in [1.82, 2.24) is 0 Å². The highest BCUT2D eigenvalue weighted by atomic mass is 16.3. The molecule has 2 N–H and O–H groups in total. The summed E-state index contributed by atoms with van der Waals surface area (Å²) in [6, 6.07) is 12.8. The predicted octanol–water partition coefficient (Wildman–Crippen LogP) is 4.28. The van der Waals surface area contributed by atoms with Crippen LogP contribution in [-0.4, -0.2) is 10.2 Å². The first-order valence-corrected chi connectivity index (χ1v) is 6.24. The van der Waals surface area contributed by atoms with Crippen LogP contribution >= 0.6 is 0 Å². The number of hydrogen-bond acceptors (Lipinski definition) is 2. The second-order valence-electron chi connectivity index (χ2n) is 4.63. The molecule has 0 bridgehead atoms. The molecule has 1 atom stereocenters. The maximum atomic E-state index is 9.89. The summed E-state index contributed by atoms with van der Waals surface area (Å²) in [5.41, 5.74) is 3.07. The van der Waals surface area contributed by atoms with E-state index in [1.807, 2.05) is 24.3 Å². The number of hydrogen-bond donors (Lipinski definition) is 2. The fraction of sp³-hybridized carbons (Fsp3) is 0.250. The lowest BCUT2D eigenvalue weighted by atomic mass is 9.94. The molecule has 2 aromatic rings. The van der Waals surface area contributed by atoms with Crippen LogP contribution in [0.25, 0.3) is 11.1 Å². The van der Waals surface area contributed by atoms with Crippen LogP contribution in [0.4, 0.5) is 0 Å². The van der Waals surface area contributed by atoms with Crippen LogP contribution in [0.5, 0.6) is 11.5 Å². The minimum absolute atomic E-state index is 0.264. The molecule has 0 fully saturated rings. The van der Waals surface area contributed by atoms with Crippen LogP contribution in [-0.2, 0) is 0 Å². The molecule has 2 rings (SSSR count). The van der Waals surface area contributed by atoms with E-state index in [4.69, 9.17) is 0 Å². The molecule has 0 radical (unpaired) electrons. The van der Waals surface area contributed by atoms with E-state index in [0.29, 0.717) is 11.7 Å². The average Bonchev–Trinajstić information content (AvgIpc) is 2.39. The van der Waals surface area contributed by atoms with Gasteiger partial charge in [0.25, 0.3) is 0 Å². The number of rotatable bonds is 3. The molecule has 0 spiro atoms. The van der Waals surface area contributed by atoms with Gasteiger partial charge in [0, 0.05) is 0 Å². The third kappa shape index (κ3) is 2.48. The Labute approximate surface area is 108 Å². The Bertz CT molecular complexity index is 529. The van der Waals surface area contributed by atoms with Gasteiger partial charge < -0.3 is 10.2 Å². The van der Waals surface area contributed by atoms with E-state index in [-0.39, 0.29) is 5.75 Å². The molecular weight excluding hydrogens is 224 g/mol. The molecule has 2 nitrogen and oxygen atoms in total. The molecule has 18 heavy (non-hydrogen) atoms. The molecule has 0 heterocycles. The summed E-state index contributed by atoms with van der Waals surface area (Å²) in [4.78, 5) is 0. The molecule has 94 valence electrons. The highest BCUT2D eigenvalue weighted by Gasteiger charge is 2.10. The first-order chi connectivity index (χ1) is 8.61. The number of phenols is 2. The first kappa shape index (κ1) is 12.5. The summed E-state index contributed by atoms with van der Waals surface area (Å²) in [6.45, 7) is 4.22. The Hall–Kier alpha value is -1.96. The Morgan fingerprint density at radius 1 is 0.944 bits per heavy atom. The third-order valence-corrected chi connectivity index (χ3v) is 3.37. The molecule has 1 unspecified atom stereocenters. The van der Waals surface area contributed by atoms with Crippen LogP contribution < -0.4 is 0 Å². The molecule has 2 heteroatoms. The van der Waals surface area contributed by atoms with E-state index in [9.17, 15) is 10.2 Å². The quantitative estimate of drug-likeness (QED) is 0.843. The largest absolute Gasteiger partial charge is 0.508 e. The Morgan fingerprint density at radius 2 is 1.56 bits per heavy atom. The minimum Gasteiger partial charge on any atom is -0.508 e. The van der Waals surface area contributed by atoms with Gasteiger partial charge in [-0.15, -0.1) is 0 Å². The fourth-order valence-electron chi connectivity index (χ4n) is 2.00. The van der Waals surface area contributed by atoms with Crippen molar-refractivity contribution in [1.29, 1.82) is 0 Å². The lowest BCUT2D eigenvalue weighted by molar-refractivity contribution is 0.462. The van der Waals surface area contributed by atoms with E-state index in [1.54, 1.807) is 18.2 Å². The first-order valence-electron chi connectivity index (χ1n) is 6.24. The van der Waals surface area contributed by atoms with Crippen molar-refractivity contribution >= 4 is 0 Å². The van der Waals surface area contributed by atoms with Crippen molar-refractivity contribution in [2.24, 2.45) is 0 Å². The van der Waals surface area contributed by atoms with Gasteiger partial charge in [-0.05, 0) is 53.3 Å². The third-order valence-electron chi connectivity index (χ3n) is 3.37. The van der Waals surface area contributed by atoms with Gasteiger partial charge in [-0.1, -0.05) is 32.0 Å². The molecule has 0 aromatic heterocycles. The van der Waals surface area contributed by atoms with E-state index in [1.165, 1.54) is 0 Å². The van der Waals surface area contributed by atoms with Crippen LogP contribution in [0, 0.1) is 0 Å². The summed E-state index contributed by atoms with van der Waals surface area (Å²) in [7, 11) is 0. The van der Waals surface area contributed by atoms with Crippen molar-refractivity contribution in [3.8, 4) is 22.6 Å². The van der Waals surface area contributed by atoms with E-state index in [2.05, 4.69) is 13.8 Å². The standard InChI is InChI=1S/C16H18O2/c1-3-11(2)15-10-13(6-9-16(15)18)12-4-7-14(17)8-5-12/h4-11,17-18H,3H2,1-2H3. The fourth-order valence-corrected chi connectivity index (χ4v) is 2.00. The summed E-state index contributed by atoms with van der Waals surface area (Å²) >= 11 is 0. The van der Waals surface area contributed by atoms with Crippen LogP contribution in [0.1, 0.15) is 31.7 Å². The summed E-state index contributed by atoms with van der Waals surface area (Å²) in [5.74, 6) is 0.952. The van der Waals surface area contributed by atoms with Gasteiger partial charge >= 0.3 is 0 Å². The van der Waals surface area contributed by atoms with E-state index < -0.39 is 0 Å². The molecule has 2 aromatic carbocycles. The zero-order valence-electron chi connectivity index (χ0n) is 10.7. The van der Waals surface area contributed by atoms with Gasteiger partial charge in [-0.25, -0.2) is 0 Å². The topological polar surface area (TPSA) is 40.5 Å². The van der Waals surface area contributed by atoms with Crippen LogP contribution in [0.3, 0.4) is 0 Å². The van der Waals surface area contributed by atoms with Crippen LogP contribution in [0.15, 0.2) is 42.5 Å². The Morgan fingerprint density at radius 3 is 2.17 bits per heavy atom. The smallest absolute Gasteiger partial charge is 0.119 e. The summed E-state index contributed by atoms with van der Waals surface area (Å²) in [6.07, 6.45) is 0.993. The molecule has 0 aliphatic carbocycles. The molecule has 0 amide bonds. The maximum absolute atomic E-state index is 9.89. The van der Waals surface area contributed by atoms with Gasteiger partial charge in [-0.2, -0.15) is 0 Å². The van der Waals surface area contributed by atoms with Gasteiger partial charge in [0.1, 0.15) is 11.5 Å². The zero-order chi connectivity index (χ0) is 13.1. The highest BCUT2D eigenvalue weighted by molar-refractivity contribution is 5.66. The molecule has 0 saturated heterocycles.